The van der Waals surface area contributed by atoms with Crippen LogP contribution in [-0.2, 0) is 14.4 Å². The minimum atomic E-state index is -1.57. The number of fused-ring (bicyclic) bond motifs is 10. The molecule has 2 heterocycles. The zero-order valence-corrected chi connectivity index (χ0v) is 24.8. The minimum absolute atomic E-state index is 0.0230. The standard InChI is InChI=1S/C34H38N4O5/c1-5-22(2)29(38(3)4)34(42)37-28-31(25-14-10-7-11-15-25)43-26-18-16-23(17-19-26)20-21-35-32(40)27(36-33(28)41)30(39)24-12-8-6-9-13-24/h6-22,27-29,31H,5H2,1-4H3,(H,35,40)(H,36,41)(H,37,42)/b21-20-/t22-,27+,28+,29+,31-/m1/s1. The van der Waals surface area contributed by atoms with Crippen molar-refractivity contribution >= 4 is 29.6 Å². The third-order valence-electron chi connectivity index (χ3n) is 7.53. The summed E-state index contributed by atoms with van der Waals surface area (Å²) < 4.78 is 6.42. The average Bonchev–Trinajstić information content (AvgIpc) is 3.02. The largest absolute Gasteiger partial charge is 0.483 e. The molecule has 3 amide bonds. The van der Waals surface area contributed by atoms with E-state index >= 15 is 0 Å². The zero-order valence-electron chi connectivity index (χ0n) is 24.8. The van der Waals surface area contributed by atoms with Gasteiger partial charge in [0.15, 0.2) is 17.9 Å². The van der Waals surface area contributed by atoms with Crippen molar-refractivity contribution in [2.75, 3.05) is 14.1 Å². The van der Waals surface area contributed by atoms with Gasteiger partial charge in [0.2, 0.25) is 11.8 Å². The fourth-order valence-corrected chi connectivity index (χ4v) is 5.07. The Morgan fingerprint density at radius 1 is 0.907 bits per heavy atom. The Hall–Kier alpha value is -4.76. The first kappa shape index (κ1) is 31.2. The zero-order chi connectivity index (χ0) is 30.9. The van der Waals surface area contributed by atoms with Crippen LogP contribution in [0.2, 0.25) is 0 Å². The second-order valence-corrected chi connectivity index (χ2v) is 10.8. The van der Waals surface area contributed by atoms with Gasteiger partial charge in [0.25, 0.3) is 5.91 Å². The predicted octanol–water partition coefficient (Wildman–Crippen LogP) is 3.74. The Kier molecular flexibility index (Phi) is 10.5. The molecule has 3 aromatic carbocycles. The normalized spacial score (nSPS) is 21.0. The summed E-state index contributed by atoms with van der Waals surface area (Å²) in [4.78, 5) is 56.8. The number of carbonyl (C=O) groups is 4. The topological polar surface area (TPSA) is 117 Å². The van der Waals surface area contributed by atoms with E-state index in [2.05, 4.69) is 16.0 Å². The number of hydrogen-bond acceptors (Lipinski definition) is 6. The molecule has 0 saturated heterocycles. The molecule has 0 aliphatic carbocycles. The molecule has 9 nitrogen and oxygen atoms in total. The van der Waals surface area contributed by atoms with Crippen LogP contribution in [0.25, 0.3) is 6.08 Å². The van der Waals surface area contributed by atoms with Gasteiger partial charge in [-0.25, -0.2) is 0 Å². The van der Waals surface area contributed by atoms with E-state index in [4.69, 9.17) is 4.74 Å². The van der Waals surface area contributed by atoms with Crippen molar-refractivity contribution in [1.29, 1.82) is 0 Å². The van der Waals surface area contributed by atoms with Crippen molar-refractivity contribution in [2.45, 2.75) is 44.5 Å². The smallest absolute Gasteiger partial charge is 0.254 e. The maximum atomic E-state index is 14.2. The molecule has 2 aliphatic rings. The summed E-state index contributed by atoms with van der Waals surface area (Å²) in [5, 5.41) is 8.18. The van der Waals surface area contributed by atoms with Crippen LogP contribution in [0.3, 0.4) is 0 Å². The lowest BCUT2D eigenvalue weighted by molar-refractivity contribution is -0.135. The van der Waals surface area contributed by atoms with Crippen LogP contribution in [0.5, 0.6) is 5.75 Å². The lowest BCUT2D eigenvalue weighted by atomic mass is 9.95. The molecule has 0 saturated carbocycles. The molecule has 43 heavy (non-hydrogen) atoms. The van der Waals surface area contributed by atoms with Gasteiger partial charge in [0.05, 0.1) is 6.04 Å². The van der Waals surface area contributed by atoms with Crippen LogP contribution in [0.4, 0.5) is 0 Å². The van der Waals surface area contributed by atoms with Crippen molar-refractivity contribution < 1.29 is 23.9 Å². The molecule has 0 spiro atoms. The highest BCUT2D eigenvalue weighted by molar-refractivity contribution is 6.15. The number of ether oxygens (including phenoxy) is 1. The Balaban J connectivity index is 1.83. The fourth-order valence-electron chi connectivity index (χ4n) is 5.07. The quantitative estimate of drug-likeness (QED) is 0.275. The van der Waals surface area contributed by atoms with Crippen LogP contribution in [0.1, 0.15) is 47.9 Å². The number of likely N-dealkylation sites (N-methyl/N-ethyl adjacent to an activating group) is 1. The van der Waals surface area contributed by atoms with Crippen LogP contribution in [0, 0.1) is 5.92 Å². The summed E-state index contributed by atoms with van der Waals surface area (Å²) in [5.41, 5.74) is 1.66. The molecular weight excluding hydrogens is 544 g/mol. The van der Waals surface area contributed by atoms with Gasteiger partial charge in [0.1, 0.15) is 11.8 Å². The number of rotatable bonds is 8. The highest BCUT2D eigenvalue weighted by Crippen LogP contribution is 2.27. The summed E-state index contributed by atoms with van der Waals surface area (Å²) in [5.74, 6) is -1.99. The molecule has 9 heteroatoms. The van der Waals surface area contributed by atoms with E-state index in [0.29, 0.717) is 11.3 Å². The molecule has 0 fully saturated rings. The van der Waals surface area contributed by atoms with Crippen molar-refractivity contribution in [3.8, 4) is 5.75 Å². The van der Waals surface area contributed by atoms with E-state index in [-0.39, 0.29) is 17.4 Å². The molecule has 0 radical (unpaired) electrons. The predicted molar refractivity (Wildman–Crippen MR) is 165 cm³/mol. The van der Waals surface area contributed by atoms with Crippen LogP contribution < -0.4 is 20.7 Å². The van der Waals surface area contributed by atoms with Crippen molar-refractivity contribution in [3.63, 3.8) is 0 Å². The number of benzene rings is 3. The number of Topliss-reactive ketones (excluding diaryl/α,β-unsaturated/α-hetero) is 1. The number of ketones is 1. The summed E-state index contributed by atoms with van der Waals surface area (Å²) in [6, 6.07) is 21.0. The van der Waals surface area contributed by atoms with Gasteiger partial charge in [-0.1, -0.05) is 93.1 Å². The number of carbonyl (C=O) groups excluding carboxylic acids is 4. The molecule has 5 rings (SSSR count). The second-order valence-electron chi connectivity index (χ2n) is 10.8. The maximum absolute atomic E-state index is 14.2. The average molecular weight is 583 g/mol. The summed E-state index contributed by atoms with van der Waals surface area (Å²) in [6.45, 7) is 3.96. The Labute approximate surface area is 252 Å². The Bertz CT molecular complexity index is 1440. The number of nitrogens with zero attached hydrogens (tertiary/aromatic N) is 1. The third-order valence-corrected chi connectivity index (χ3v) is 7.53. The molecule has 0 aromatic heterocycles. The van der Waals surface area contributed by atoms with Crippen molar-refractivity contribution in [1.82, 2.24) is 20.9 Å². The SMILES string of the molecule is CC[C@@H](C)[C@@H](C(=O)N[C@@H]1C(=O)N[C@@H](C(=O)c2ccccc2)C(=O)N/C=C\c2ccc(cc2)O[C@@H]1c1ccccc1)N(C)C. The first-order valence-corrected chi connectivity index (χ1v) is 14.3. The summed E-state index contributed by atoms with van der Waals surface area (Å²) in [6.07, 6.45) is 2.83. The van der Waals surface area contributed by atoms with Gasteiger partial charge < -0.3 is 20.7 Å². The van der Waals surface area contributed by atoms with E-state index in [1.807, 2.05) is 51.0 Å². The van der Waals surface area contributed by atoms with Gasteiger partial charge in [-0.2, -0.15) is 0 Å². The van der Waals surface area contributed by atoms with Gasteiger partial charge >= 0.3 is 0 Å². The lowest BCUT2D eigenvalue weighted by Gasteiger charge is -2.33. The van der Waals surface area contributed by atoms with Gasteiger partial charge in [-0.3, -0.25) is 24.1 Å². The monoisotopic (exact) mass is 582 g/mol. The molecule has 3 N–H and O–H groups in total. The van der Waals surface area contributed by atoms with Gasteiger partial charge in [0, 0.05) is 11.8 Å². The molecule has 0 unspecified atom stereocenters. The minimum Gasteiger partial charge on any atom is -0.483 e. The lowest BCUT2D eigenvalue weighted by Crippen LogP contribution is -2.60. The first-order chi connectivity index (χ1) is 20.7. The van der Waals surface area contributed by atoms with Gasteiger partial charge in [-0.15, -0.1) is 0 Å². The molecule has 5 atom stereocenters. The highest BCUT2D eigenvalue weighted by atomic mass is 16.5. The molecule has 224 valence electrons. The van der Waals surface area contributed by atoms with Gasteiger partial charge in [-0.05, 0) is 49.3 Å². The van der Waals surface area contributed by atoms with Crippen LogP contribution in [0.15, 0.2) is 91.1 Å². The van der Waals surface area contributed by atoms with Crippen LogP contribution >= 0.6 is 0 Å². The first-order valence-electron chi connectivity index (χ1n) is 14.3. The molecular formula is C34H38N4O5. The van der Waals surface area contributed by atoms with E-state index < -0.39 is 41.8 Å². The maximum Gasteiger partial charge on any atom is 0.254 e. The van der Waals surface area contributed by atoms with Crippen molar-refractivity contribution in [3.05, 3.63) is 108 Å². The molecule has 2 aliphatic heterocycles. The molecule has 2 bridgehead atoms. The van der Waals surface area contributed by atoms with E-state index in [1.54, 1.807) is 72.8 Å². The highest BCUT2D eigenvalue weighted by Gasteiger charge is 2.39. The summed E-state index contributed by atoms with van der Waals surface area (Å²) in [7, 11) is 3.62. The summed E-state index contributed by atoms with van der Waals surface area (Å²) >= 11 is 0. The number of amides is 3. The molecule has 3 aromatic rings. The Morgan fingerprint density at radius 2 is 1.53 bits per heavy atom. The van der Waals surface area contributed by atoms with E-state index in [1.165, 1.54) is 6.20 Å². The fraction of sp³-hybridized carbons (Fsp3) is 0.294. The van der Waals surface area contributed by atoms with E-state index in [9.17, 15) is 19.2 Å². The Morgan fingerprint density at radius 3 is 2.14 bits per heavy atom. The second kappa shape index (κ2) is 14.4. The van der Waals surface area contributed by atoms with Crippen LogP contribution in [-0.4, -0.2) is 60.6 Å². The third kappa shape index (κ3) is 7.75. The van der Waals surface area contributed by atoms with Crippen molar-refractivity contribution in [2.24, 2.45) is 5.92 Å². The number of hydrogen-bond donors (Lipinski definition) is 3. The van der Waals surface area contributed by atoms with E-state index in [0.717, 1.165) is 12.0 Å². The number of nitrogens with one attached hydrogen (secondary N) is 3.